The van der Waals surface area contributed by atoms with Gasteiger partial charge in [0.25, 0.3) is 0 Å². The average molecular weight is 287 g/mol. The Balaban J connectivity index is 1.70. The van der Waals surface area contributed by atoms with Crippen molar-refractivity contribution in [3.05, 3.63) is 21.3 Å². The van der Waals surface area contributed by atoms with Crippen LogP contribution in [0, 0.1) is 0 Å². The summed E-state index contributed by atoms with van der Waals surface area (Å²) in [6.07, 6.45) is 4.80. The summed E-state index contributed by atoms with van der Waals surface area (Å²) >= 11 is 7.41. The van der Waals surface area contributed by atoms with Crippen molar-refractivity contribution in [2.24, 2.45) is 0 Å². The van der Waals surface area contributed by atoms with Crippen molar-refractivity contribution in [2.45, 2.75) is 32.2 Å². The summed E-state index contributed by atoms with van der Waals surface area (Å²) < 4.78 is 0.797. The van der Waals surface area contributed by atoms with Crippen LogP contribution in [0.1, 0.15) is 30.6 Å². The molecule has 1 amide bonds. The van der Waals surface area contributed by atoms with E-state index in [2.05, 4.69) is 5.32 Å². The van der Waals surface area contributed by atoms with Gasteiger partial charge in [-0.15, -0.1) is 11.3 Å². The Labute approximate surface area is 117 Å². The normalized spacial score (nSPS) is 16.6. The van der Waals surface area contributed by atoms with E-state index in [1.165, 1.54) is 17.7 Å². The molecule has 0 radical (unpaired) electrons. The van der Waals surface area contributed by atoms with Gasteiger partial charge in [-0.05, 0) is 25.0 Å². The minimum Gasteiger partial charge on any atom is -0.342 e. The maximum atomic E-state index is 12.0. The Morgan fingerprint density at radius 3 is 2.61 bits per heavy atom. The first-order valence-corrected chi connectivity index (χ1v) is 7.68. The molecule has 1 fully saturated rings. The van der Waals surface area contributed by atoms with Crippen LogP contribution in [0.3, 0.4) is 0 Å². The summed E-state index contributed by atoms with van der Waals surface area (Å²) in [6.45, 7) is 2.99. The molecule has 0 bridgehead atoms. The smallest absolute Gasteiger partial charge is 0.236 e. The highest BCUT2D eigenvalue weighted by Gasteiger charge is 2.14. The van der Waals surface area contributed by atoms with Gasteiger partial charge in [-0.3, -0.25) is 4.79 Å². The second kappa shape index (κ2) is 7.12. The Morgan fingerprint density at radius 1 is 1.28 bits per heavy atom. The molecule has 1 N–H and O–H groups in total. The minimum atomic E-state index is 0.222. The number of nitrogens with zero attached hydrogens (tertiary/aromatic N) is 1. The third kappa shape index (κ3) is 4.26. The first-order valence-electron chi connectivity index (χ1n) is 6.48. The molecule has 0 aromatic carbocycles. The van der Waals surface area contributed by atoms with Gasteiger partial charge in [0.15, 0.2) is 0 Å². The molecule has 3 nitrogen and oxygen atoms in total. The maximum Gasteiger partial charge on any atom is 0.236 e. The van der Waals surface area contributed by atoms with E-state index in [0.717, 1.165) is 36.8 Å². The van der Waals surface area contributed by atoms with Crippen LogP contribution in [0.15, 0.2) is 12.1 Å². The third-order valence-electron chi connectivity index (χ3n) is 3.16. The molecule has 1 aromatic rings. The number of hydrogen-bond donors (Lipinski definition) is 1. The van der Waals surface area contributed by atoms with Crippen molar-refractivity contribution in [2.75, 3.05) is 19.6 Å². The van der Waals surface area contributed by atoms with Crippen molar-refractivity contribution < 1.29 is 4.79 Å². The van der Waals surface area contributed by atoms with Crippen LogP contribution < -0.4 is 5.32 Å². The molecule has 0 spiro atoms. The lowest BCUT2D eigenvalue weighted by atomic mass is 10.2. The van der Waals surface area contributed by atoms with Crippen LogP contribution in [-0.4, -0.2) is 30.4 Å². The number of thiophene rings is 1. The van der Waals surface area contributed by atoms with E-state index in [4.69, 9.17) is 11.6 Å². The summed E-state index contributed by atoms with van der Waals surface area (Å²) in [6, 6.07) is 3.89. The van der Waals surface area contributed by atoms with Gasteiger partial charge < -0.3 is 10.2 Å². The second-order valence-corrected chi connectivity index (χ2v) is 6.40. The van der Waals surface area contributed by atoms with Gasteiger partial charge >= 0.3 is 0 Å². The number of halogens is 1. The zero-order chi connectivity index (χ0) is 12.8. The van der Waals surface area contributed by atoms with Crippen molar-refractivity contribution in [3.8, 4) is 0 Å². The molecular weight excluding hydrogens is 268 g/mol. The van der Waals surface area contributed by atoms with Crippen LogP contribution in [0.25, 0.3) is 0 Å². The van der Waals surface area contributed by atoms with Gasteiger partial charge in [0.05, 0.1) is 10.9 Å². The fourth-order valence-electron chi connectivity index (χ4n) is 2.17. The van der Waals surface area contributed by atoms with E-state index in [1.54, 1.807) is 11.3 Å². The SMILES string of the molecule is O=C(CNCc1ccc(Cl)s1)N1CCCCCC1. The summed E-state index contributed by atoms with van der Waals surface area (Å²) in [4.78, 5) is 15.1. The standard InChI is InChI=1S/C13H19ClN2OS/c14-12-6-5-11(18-12)9-15-10-13(17)16-7-3-1-2-4-8-16/h5-6,15H,1-4,7-10H2. The number of carbonyl (C=O) groups is 1. The van der Waals surface area contributed by atoms with E-state index in [-0.39, 0.29) is 5.91 Å². The molecule has 18 heavy (non-hydrogen) atoms. The van der Waals surface area contributed by atoms with E-state index in [1.807, 2.05) is 17.0 Å². The maximum absolute atomic E-state index is 12.0. The van der Waals surface area contributed by atoms with Gasteiger partial charge in [-0.2, -0.15) is 0 Å². The minimum absolute atomic E-state index is 0.222. The molecule has 1 saturated heterocycles. The number of rotatable bonds is 4. The highest BCUT2D eigenvalue weighted by atomic mass is 35.5. The Morgan fingerprint density at radius 2 is 2.00 bits per heavy atom. The Hall–Kier alpha value is -0.580. The second-order valence-electron chi connectivity index (χ2n) is 4.60. The third-order valence-corrected chi connectivity index (χ3v) is 4.39. The molecule has 5 heteroatoms. The van der Waals surface area contributed by atoms with Crippen LogP contribution in [-0.2, 0) is 11.3 Å². The largest absolute Gasteiger partial charge is 0.342 e. The molecule has 2 heterocycles. The van der Waals surface area contributed by atoms with Crippen LogP contribution in [0.4, 0.5) is 0 Å². The van der Waals surface area contributed by atoms with E-state index in [9.17, 15) is 4.79 Å². The molecule has 0 aliphatic carbocycles. The highest BCUT2D eigenvalue weighted by molar-refractivity contribution is 7.16. The first-order chi connectivity index (χ1) is 8.75. The Bertz CT molecular complexity index is 386. The van der Waals surface area contributed by atoms with Gasteiger partial charge in [-0.1, -0.05) is 24.4 Å². The molecule has 100 valence electrons. The summed E-state index contributed by atoms with van der Waals surface area (Å²) in [7, 11) is 0. The lowest BCUT2D eigenvalue weighted by molar-refractivity contribution is -0.130. The number of nitrogens with one attached hydrogen (secondary N) is 1. The van der Waals surface area contributed by atoms with Gasteiger partial charge in [0.1, 0.15) is 0 Å². The summed E-state index contributed by atoms with van der Waals surface area (Å²) in [5.41, 5.74) is 0. The quantitative estimate of drug-likeness (QED) is 0.923. The summed E-state index contributed by atoms with van der Waals surface area (Å²) in [5.74, 6) is 0.222. The molecule has 2 rings (SSSR count). The van der Waals surface area contributed by atoms with E-state index in [0.29, 0.717) is 6.54 Å². The zero-order valence-corrected chi connectivity index (χ0v) is 12.0. The van der Waals surface area contributed by atoms with E-state index < -0.39 is 0 Å². The van der Waals surface area contributed by atoms with Gasteiger partial charge in [-0.25, -0.2) is 0 Å². The predicted molar refractivity (Wildman–Crippen MR) is 76.1 cm³/mol. The zero-order valence-electron chi connectivity index (χ0n) is 10.5. The fraction of sp³-hybridized carbons (Fsp3) is 0.615. The molecular formula is C13H19ClN2OS. The number of amides is 1. The molecule has 0 saturated carbocycles. The topological polar surface area (TPSA) is 32.3 Å². The van der Waals surface area contributed by atoms with Crippen molar-refractivity contribution in [1.82, 2.24) is 10.2 Å². The fourth-order valence-corrected chi connectivity index (χ4v) is 3.23. The van der Waals surface area contributed by atoms with Gasteiger partial charge in [0.2, 0.25) is 5.91 Å². The Kier molecular flexibility index (Phi) is 5.47. The lowest BCUT2D eigenvalue weighted by Gasteiger charge is -2.20. The molecule has 1 aliphatic rings. The number of hydrogen-bond acceptors (Lipinski definition) is 3. The lowest BCUT2D eigenvalue weighted by Crippen LogP contribution is -2.38. The van der Waals surface area contributed by atoms with Crippen LogP contribution in [0.5, 0.6) is 0 Å². The van der Waals surface area contributed by atoms with Crippen molar-refractivity contribution in [3.63, 3.8) is 0 Å². The molecule has 1 aromatic heterocycles. The van der Waals surface area contributed by atoms with Gasteiger partial charge in [0, 0.05) is 24.5 Å². The molecule has 0 atom stereocenters. The van der Waals surface area contributed by atoms with Crippen LogP contribution >= 0.6 is 22.9 Å². The number of carbonyl (C=O) groups excluding carboxylic acids is 1. The number of likely N-dealkylation sites (tertiary alicyclic amines) is 1. The predicted octanol–water partition coefficient (Wildman–Crippen LogP) is 2.89. The highest BCUT2D eigenvalue weighted by Crippen LogP contribution is 2.20. The summed E-state index contributed by atoms with van der Waals surface area (Å²) in [5, 5.41) is 3.19. The molecule has 0 unspecified atom stereocenters. The van der Waals surface area contributed by atoms with Crippen molar-refractivity contribution in [1.29, 1.82) is 0 Å². The first kappa shape index (κ1) is 13.8. The monoisotopic (exact) mass is 286 g/mol. The van der Waals surface area contributed by atoms with Crippen molar-refractivity contribution >= 4 is 28.8 Å². The van der Waals surface area contributed by atoms with E-state index >= 15 is 0 Å². The molecule has 1 aliphatic heterocycles. The van der Waals surface area contributed by atoms with Crippen LogP contribution in [0.2, 0.25) is 4.34 Å². The average Bonchev–Trinajstić information content (AvgIpc) is 2.63.